The summed E-state index contributed by atoms with van der Waals surface area (Å²) in [6.07, 6.45) is 4.02. The molecule has 27 heavy (non-hydrogen) atoms. The SMILES string of the molecule is CCC1OCC(=O)C1NC(=O)[C@H](CC(C)(C)C(C)C)NC(=O)c1cc[nH]c1. The number of Topliss-reactive ketones (excluding diaryl/α,β-unsaturated/α-hetero) is 1. The highest BCUT2D eigenvalue weighted by Gasteiger charge is 2.38. The standard InChI is InChI=1S/C20H31N3O4/c1-6-16-17(15(24)11-27-16)23-19(26)14(9-20(4,5)12(2)3)22-18(25)13-7-8-21-10-13/h7-8,10,12,14,16-17,21H,6,9,11H2,1-5H3,(H,22,25)(H,23,26)/t14-,16?,17?/m0/s1. The molecule has 7 heteroatoms. The Morgan fingerprint density at radius 1 is 1.37 bits per heavy atom. The average molecular weight is 377 g/mol. The van der Waals surface area contributed by atoms with E-state index in [-0.39, 0.29) is 35.7 Å². The minimum Gasteiger partial charge on any atom is -0.368 e. The van der Waals surface area contributed by atoms with Crippen LogP contribution in [0.4, 0.5) is 0 Å². The number of rotatable bonds is 8. The number of H-pyrrole nitrogens is 1. The molecule has 1 aromatic rings. The molecule has 0 radical (unpaired) electrons. The molecule has 2 rings (SSSR count). The maximum Gasteiger partial charge on any atom is 0.253 e. The number of ketones is 1. The van der Waals surface area contributed by atoms with E-state index in [9.17, 15) is 14.4 Å². The van der Waals surface area contributed by atoms with Crippen molar-refractivity contribution < 1.29 is 19.1 Å². The first-order chi connectivity index (χ1) is 12.7. The van der Waals surface area contributed by atoms with Gasteiger partial charge in [0, 0.05) is 12.4 Å². The van der Waals surface area contributed by atoms with E-state index >= 15 is 0 Å². The van der Waals surface area contributed by atoms with Crippen LogP contribution in [-0.2, 0) is 14.3 Å². The van der Waals surface area contributed by atoms with E-state index in [0.29, 0.717) is 24.3 Å². The fraction of sp³-hybridized carbons (Fsp3) is 0.650. The first-order valence-corrected chi connectivity index (χ1v) is 9.54. The largest absolute Gasteiger partial charge is 0.368 e. The molecule has 3 atom stereocenters. The Morgan fingerprint density at radius 2 is 2.07 bits per heavy atom. The van der Waals surface area contributed by atoms with Crippen LogP contribution in [0.2, 0.25) is 0 Å². The van der Waals surface area contributed by atoms with Crippen LogP contribution < -0.4 is 10.6 Å². The van der Waals surface area contributed by atoms with Gasteiger partial charge in [0.1, 0.15) is 18.7 Å². The van der Waals surface area contributed by atoms with Gasteiger partial charge in [-0.05, 0) is 30.2 Å². The molecule has 1 aliphatic rings. The van der Waals surface area contributed by atoms with Gasteiger partial charge in [-0.3, -0.25) is 14.4 Å². The summed E-state index contributed by atoms with van der Waals surface area (Å²) in [5.41, 5.74) is 0.287. The number of carbonyl (C=O) groups excluding carboxylic acids is 3. The monoisotopic (exact) mass is 377 g/mol. The summed E-state index contributed by atoms with van der Waals surface area (Å²) >= 11 is 0. The molecule has 0 aliphatic carbocycles. The van der Waals surface area contributed by atoms with E-state index in [1.807, 2.05) is 6.92 Å². The second kappa shape index (κ2) is 8.69. The average Bonchev–Trinajstić information content (AvgIpc) is 3.24. The number of carbonyl (C=O) groups is 3. The van der Waals surface area contributed by atoms with Gasteiger partial charge in [-0.15, -0.1) is 0 Å². The van der Waals surface area contributed by atoms with Crippen molar-refractivity contribution in [3.05, 3.63) is 24.0 Å². The highest BCUT2D eigenvalue weighted by molar-refractivity contribution is 5.98. The maximum atomic E-state index is 13.0. The molecule has 150 valence electrons. The quantitative estimate of drug-likeness (QED) is 0.645. The highest BCUT2D eigenvalue weighted by atomic mass is 16.5. The second-order valence-corrected chi connectivity index (χ2v) is 8.18. The van der Waals surface area contributed by atoms with Gasteiger partial charge >= 0.3 is 0 Å². The van der Waals surface area contributed by atoms with E-state index < -0.39 is 12.1 Å². The number of hydrogen-bond donors (Lipinski definition) is 3. The number of aromatic nitrogens is 1. The fourth-order valence-corrected chi connectivity index (χ4v) is 3.04. The Balaban J connectivity index is 2.16. The van der Waals surface area contributed by atoms with E-state index in [0.717, 1.165) is 0 Å². The minimum atomic E-state index is -0.740. The molecule has 0 bridgehead atoms. The van der Waals surface area contributed by atoms with E-state index in [2.05, 4.69) is 43.3 Å². The summed E-state index contributed by atoms with van der Waals surface area (Å²) < 4.78 is 5.43. The summed E-state index contributed by atoms with van der Waals surface area (Å²) in [5, 5.41) is 5.63. The third-order valence-electron chi connectivity index (χ3n) is 5.63. The first-order valence-electron chi connectivity index (χ1n) is 9.54. The van der Waals surface area contributed by atoms with Crippen molar-refractivity contribution in [2.45, 2.75) is 65.6 Å². The summed E-state index contributed by atoms with van der Waals surface area (Å²) in [7, 11) is 0. The summed E-state index contributed by atoms with van der Waals surface area (Å²) in [6.45, 7) is 10.2. The zero-order valence-corrected chi connectivity index (χ0v) is 16.8. The van der Waals surface area contributed by atoms with Gasteiger partial charge in [0.2, 0.25) is 5.91 Å². The van der Waals surface area contributed by atoms with Crippen molar-refractivity contribution in [1.29, 1.82) is 0 Å². The van der Waals surface area contributed by atoms with Crippen molar-refractivity contribution in [2.24, 2.45) is 11.3 Å². The summed E-state index contributed by atoms with van der Waals surface area (Å²) in [4.78, 5) is 40.4. The van der Waals surface area contributed by atoms with Crippen LogP contribution in [0.25, 0.3) is 0 Å². The molecule has 0 saturated carbocycles. The molecule has 1 aromatic heterocycles. The highest BCUT2D eigenvalue weighted by Crippen LogP contribution is 2.31. The van der Waals surface area contributed by atoms with Gasteiger partial charge in [-0.2, -0.15) is 0 Å². The van der Waals surface area contributed by atoms with Crippen molar-refractivity contribution in [3.8, 4) is 0 Å². The van der Waals surface area contributed by atoms with Gasteiger partial charge in [0.25, 0.3) is 5.91 Å². The van der Waals surface area contributed by atoms with Crippen LogP contribution >= 0.6 is 0 Å². The lowest BCUT2D eigenvalue weighted by Crippen LogP contribution is -2.54. The topological polar surface area (TPSA) is 100 Å². The number of hydrogen-bond acceptors (Lipinski definition) is 4. The Hall–Kier alpha value is -2.15. The van der Waals surface area contributed by atoms with Gasteiger partial charge in [0.15, 0.2) is 5.78 Å². The van der Waals surface area contributed by atoms with Crippen molar-refractivity contribution >= 4 is 17.6 Å². The van der Waals surface area contributed by atoms with Crippen LogP contribution in [0.15, 0.2) is 18.5 Å². The Morgan fingerprint density at radius 3 is 2.63 bits per heavy atom. The first kappa shape index (κ1) is 21.2. The Kier molecular flexibility index (Phi) is 6.81. The van der Waals surface area contributed by atoms with Crippen LogP contribution in [-0.4, -0.2) is 47.4 Å². The number of aromatic amines is 1. The number of ether oxygens (including phenoxy) is 1. The Labute approximate surface area is 160 Å². The van der Waals surface area contributed by atoms with Crippen LogP contribution in [0, 0.1) is 11.3 Å². The third-order valence-corrected chi connectivity index (χ3v) is 5.63. The van der Waals surface area contributed by atoms with Crippen molar-refractivity contribution in [1.82, 2.24) is 15.6 Å². The summed E-state index contributed by atoms with van der Waals surface area (Å²) in [5.74, 6) is -0.488. The molecule has 1 saturated heterocycles. The molecule has 2 amide bonds. The second-order valence-electron chi connectivity index (χ2n) is 8.18. The van der Waals surface area contributed by atoms with Crippen molar-refractivity contribution in [2.75, 3.05) is 6.61 Å². The molecule has 0 spiro atoms. The lowest BCUT2D eigenvalue weighted by Gasteiger charge is -2.33. The molecule has 2 unspecified atom stereocenters. The van der Waals surface area contributed by atoms with E-state index in [1.165, 1.54) is 0 Å². The number of nitrogens with one attached hydrogen (secondary N) is 3. The summed E-state index contributed by atoms with van der Waals surface area (Å²) in [6, 6.07) is 0.256. The zero-order valence-electron chi connectivity index (χ0n) is 16.8. The molecule has 0 aromatic carbocycles. The molecular weight excluding hydrogens is 346 g/mol. The van der Waals surface area contributed by atoms with Gasteiger partial charge < -0.3 is 20.4 Å². The predicted molar refractivity (Wildman–Crippen MR) is 102 cm³/mol. The predicted octanol–water partition coefficient (Wildman–Crippen LogP) is 2.05. The van der Waals surface area contributed by atoms with E-state index in [1.54, 1.807) is 18.5 Å². The van der Waals surface area contributed by atoms with Crippen LogP contribution in [0.3, 0.4) is 0 Å². The molecule has 7 nitrogen and oxygen atoms in total. The molecule has 3 N–H and O–H groups in total. The Bertz CT molecular complexity index is 667. The van der Waals surface area contributed by atoms with Gasteiger partial charge in [0.05, 0.1) is 11.7 Å². The fourth-order valence-electron chi connectivity index (χ4n) is 3.04. The normalized spacial score (nSPS) is 21.3. The van der Waals surface area contributed by atoms with Gasteiger partial charge in [-0.1, -0.05) is 34.6 Å². The molecule has 1 fully saturated rings. The maximum absolute atomic E-state index is 13.0. The lowest BCUT2D eigenvalue weighted by atomic mass is 9.76. The van der Waals surface area contributed by atoms with Gasteiger partial charge in [-0.25, -0.2) is 0 Å². The smallest absolute Gasteiger partial charge is 0.253 e. The molecule has 1 aliphatic heterocycles. The zero-order chi connectivity index (χ0) is 20.2. The number of amides is 2. The third kappa shape index (κ3) is 5.19. The van der Waals surface area contributed by atoms with E-state index in [4.69, 9.17) is 4.74 Å². The molecule has 2 heterocycles. The molecular formula is C20H31N3O4. The van der Waals surface area contributed by atoms with Crippen molar-refractivity contribution in [3.63, 3.8) is 0 Å². The minimum absolute atomic E-state index is 0.0152. The lowest BCUT2D eigenvalue weighted by molar-refractivity contribution is -0.128. The van der Waals surface area contributed by atoms with Crippen LogP contribution in [0.5, 0.6) is 0 Å². The van der Waals surface area contributed by atoms with Crippen LogP contribution in [0.1, 0.15) is 57.8 Å².